The number of piperidine rings is 1. The predicted molar refractivity (Wildman–Crippen MR) is 96.5 cm³/mol. The van der Waals surface area contributed by atoms with Crippen molar-refractivity contribution in [3.63, 3.8) is 0 Å². The summed E-state index contributed by atoms with van der Waals surface area (Å²) in [5.41, 5.74) is 3.24. The third kappa shape index (κ3) is 3.70. The van der Waals surface area contributed by atoms with Gasteiger partial charge in [0.25, 0.3) is 0 Å². The molecule has 2 aromatic rings. The molecule has 6 nitrogen and oxygen atoms in total. The Kier molecular flexibility index (Phi) is 5.04. The Balaban J connectivity index is 1.56. The minimum absolute atomic E-state index is 0.682. The smallest absolute Gasteiger partial charge is 0.138 e. The van der Waals surface area contributed by atoms with Crippen molar-refractivity contribution in [2.75, 3.05) is 37.4 Å². The van der Waals surface area contributed by atoms with Crippen LogP contribution in [0.1, 0.15) is 29.9 Å². The van der Waals surface area contributed by atoms with E-state index in [1.54, 1.807) is 0 Å². The molecule has 0 bridgehead atoms. The number of nitrogens with one attached hydrogen (secondary N) is 1. The number of pyridine rings is 1. The van der Waals surface area contributed by atoms with Gasteiger partial charge >= 0.3 is 0 Å². The molecule has 3 heterocycles. The van der Waals surface area contributed by atoms with Gasteiger partial charge in [-0.25, -0.2) is 4.98 Å². The Labute approximate surface area is 143 Å². The SMILES string of the molecule is Cc1noc(C)c1CNc1ccc(N2CCC(N(C)C)CC2)cn1. The molecule has 0 saturated carbocycles. The second kappa shape index (κ2) is 7.21. The summed E-state index contributed by atoms with van der Waals surface area (Å²) in [6.45, 7) is 6.76. The van der Waals surface area contributed by atoms with Gasteiger partial charge in [0.15, 0.2) is 0 Å². The van der Waals surface area contributed by atoms with Crippen LogP contribution in [0.2, 0.25) is 0 Å². The monoisotopic (exact) mass is 329 g/mol. The fourth-order valence-corrected chi connectivity index (χ4v) is 3.25. The van der Waals surface area contributed by atoms with Gasteiger partial charge in [0.1, 0.15) is 11.6 Å². The average molecular weight is 329 g/mol. The molecule has 0 amide bonds. The Bertz CT molecular complexity index is 637. The molecule has 2 aromatic heterocycles. The number of aromatic nitrogens is 2. The lowest BCUT2D eigenvalue weighted by atomic mass is 10.0. The third-order valence-electron chi connectivity index (χ3n) is 4.94. The minimum Gasteiger partial charge on any atom is -0.370 e. The number of nitrogens with zero attached hydrogens (tertiary/aromatic N) is 4. The summed E-state index contributed by atoms with van der Waals surface area (Å²) in [4.78, 5) is 9.30. The average Bonchev–Trinajstić information content (AvgIpc) is 2.92. The molecule has 1 N–H and O–H groups in total. The van der Waals surface area contributed by atoms with Gasteiger partial charge in [-0.1, -0.05) is 5.16 Å². The lowest BCUT2D eigenvalue weighted by Crippen LogP contribution is -2.42. The second-order valence-electron chi connectivity index (χ2n) is 6.74. The van der Waals surface area contributed by atoms with Crippen LogP contribution in [0.15, 0.2) is 22.9 Å². The summed E-state index contributed by atoms with van der Waals surface area (Å²) < 4.78 is 5.19. The summed E-state index contributed by atoms with van der Waals surface area (Å²) >= 11 is 0. The van der Waals surface area contributed by atoms with E-state index in [1.165, 1.54) is 18.5 Å². The van der Waals surface area contributed by atoms with E-state index in [4.69, 9.17) is 4.52 Å². The molecule has 24 heavy (non-hydrogen) atoms. The van der Waals surface area contributed by atoms with Crippen LogP contribution in [0, 0.1) is 13.8 Å². The first-order valence-electron chi connectivity index (χ1n) is 8.57. The number of hydrogen-bond donors (Lipinski definition) is 1. The van der Waals surface area contributed by atoms with E-state index in [0.717, 1.165) is 35.9 Å². The summed E-state index contributed by atoms with van der Waals surface area (Å²) in [5.74, 6) is 1.74. The van der Waals surface area contributed by atoms with E-state index < -0.39 is 0 Å². The zero-order valence-electron chi connectivity index (χ0n) is 15.0. The van der Waals surface area contributed by atoms with Crippen LogP contribution >= 0.6 is 0 Å². The van der Waals surface area contributed by atoms with Crippen molar-refractivity contribution in [1.82, 2.24) is 15.0 Å². The highest BCUT2D eigenvalue weighted by Crippen LogP contribution is 2.22. The van der Waals surface area contributed by atoms with Crippen molar-refractivity contribution >= 4 is 11.5 Å². The van der Waals surface area contributed by atoms with Gasteiger partial charge in [0.05, 0.1) is 17.6 Å². The van der Waals surface area contributed by atoms with Crippen LogP contribution in [0.25, 0.3) is 0 Å². The van der Waals surface area contributed by atoms with E-state index in [1.807, 2.05) is 26.1 Å². The molecular weight excluding hydrogens is 302 g/mol. The number of anilines is 2. The quantitative estimate of drug-likeness (QED) is 0.910. The van der Waals surface area contributed by atoms with Crippen LogP contribution in [-0.4, -0.2) is 48.3 Å². The van der Waals surface area contributed by atoms with Crippen LogP contribution in [-0.2, 0) is 6.54 Å². The zero-order valence-corrected chi connectivity index (χ0v) is 15.0. The molecule has 0 atom stereocenters. The lowest BCUT2D eigenvalue weighted by Gasteiger charge is -2.36. The van der Waals surface area contributed by atoms with Crippen molar-refractivity contribution in [2.45, 2.75) is 39.3 Å². The van der Waals surface area contributed by atoms with Crippen molar-refractivity contribution in [2.24, 2.45) is 0 Å². The fourth-order valence-electron chi connectivity index (χ4n) is 3.25. The van der Waals surface area contributed by atoms with E-state index in [2.05, 4.69) is 45.4 Å². The molecule has 1 fully saturated rings. The highest BCUT2D eigenvalue weighted by Gasteiger charge is 2.20. The van der Waals surface area contributed by atoms with Gasteiger partial charge in [0, 0.05) is 31.2 Å². The highest BCUT2D eigenvalue weighted by molar-refractivity contribution is 5.50. The number of rotatable bonds is 5. The predicted octanol–water partition coefficient (Wildman–Crippen LogP) is 2.83. The number of aryl methyl sites for hydroxylation is 2. The second-order valence-corrected chi connectivity index (χ2v) is 6.74. The molecular formula is C18H27N5O. The van der Waals surface area contributed by atoms with Crippen molar-refractivity contribution in [1.29, 1.82) is 0 Å². The molecule has 0 aliphatic carbocycles. The van der Waals surface area contributed by atoms with Crippen LogP contribution in [0.4, 0.5) is 11.5 Å². The normalized spacial score (nSPS) is 16.0. The molecule has 1 saturated heterocycles. The van der Waals surface area contributed by atoms with Gasteiger partial charge in [-0.05, 0) is 52.9 Å². The first-order chi connectivity index (χ1) is 11.5. The van der Waals surface area contributed by atoms with Crippen molar-refractivity contribution < 1.29 is 4.52 Å². The minimum atomic E-state index is 0.682. The van der Waals surface area contributed by atoms with E-state index in [0.29, 0.717) is 12.6 Å². The first-order valence-corrected chi connectivity index (χ1v) is 8.57. The molecule has 6 heteroatoms. The molecule has 0 radical (unpaired) electrons. The molecule has 0 spiro atoms. The van der Waals surface area contributed by atoms with E-state index in [9.17, 15) is 0 Å². The maximum atomic E-state index is 5.19. The third-order valence-corrected chi connectivity index (χ3v) is 4.94. The maximum Gasteiger partial charge on any atom is 0.138 e. The van der Waals surface area contributed by atoms with Gasteiger partial charge < -0.3 is 19.6 Å². The Morgan fingerprint density at radius 1 is 1.25 bits per heavy atom. The molecule has 3 rings (SSSR count). The topological polar surface area (TPSA) is 57.4 Å². The van der Waals surface area contributed by atoms with E-state index >= 15 is 0 Å². The molecule has 0 aromatic carbocycles. The van der Waals surface area contributed by atoms with Crippen molar-refractivity contribution in [3.05, 3.63) is 35.3 Å². The molecule has 0 unspecified atom stereocenters. The summed E-state index contributed by atoms with van der Waals surface area (Å²) in [7, 11) is 4.34. The maximum absolute atomic E-state index is 5.19. The summed E-state index contributed by atoms with van der Waals surface area (Å²) in [6.07, 6.45) is 4.38. The van der Waals surface area contributed by atoms with Gasteiger partial charge in [-0.2, -0.15) is 0 Å². The molecule has 130 valence electrons. The standard InChI is InChI=1S/C18H27N5O/c1-13-17(14(2)24-21-13)12-20-18-6-5-16(11-19-18)23-9-7-15(8-10-23)22(3)4/h5-6,11,15H,7-10,12H2,1-4H3,(H,19,20). The number of hydrogen-bond acceptors (Lipinski definition) is 6. The summed E-state index contributed by atoms with van der Waals surface area (Å²) in [6, 6.07) is 4.90. The lowest BCUT2D eigenvalue weighted by molar-refractivity contribution is 0.249. The van der Waals surface area contributed by atoms with Crippen LogP contribution in [0.3, 0.4) is 0 Å². The van der Waals surface area contributed by atoms with Gasteiger partial charge in [0.2, 0.25) is 0 Å². The fraction of sp³-hybridized carbons (Fsp3) is 0.556. The van der Waals surface area contributed by atoms with E-state index in [-0.39, 0.29) is 0 Å². The summed E-state index contributed by atoms with van der Waals surface area (Å²) in [5, 5.41) is 7.32. The van der Waals surface area contributed by atoms with Crippen molar-refractivity contribution in [3.8, 4) is 0 Å². The van der Waals surface area contributed by atoms with Crippen LogP contribution in [0.5, 0.6) is 0 Å². The molecule has 1 aliphatic heterocycles. The molecule has 1 aliphatic rings. The Morgan fingerprint density at radius 2 is 2.00 bits per heavy atom. The van der Waals surface area contributed by atoms with Gasteiger partial charge in [-0.3, -0.25) is 0 Å². The Hall–Kier alpha value is -2.08. The van der Waals surface area contributed by atoms with Gasteiger partial charge in [-0.15, -0.1) is 0 Å². The Morgan fingerprint density at radius 3 is 2.54 bits per heavy atom. The first kappa shape index (κ1) is 16.8. The largest absolute Gasteiger partial charge is 0.370 e. The zero-order chi connectivity index (χ0) is 17.1. The highest BCUT2D eigenvalue weighted by atomic mass is 16.5. The van der Waals surface area contributed by atoms with Crippen LogP contribution < -0.4 is 10.2 Å².